The fourth-order valence-corrected chi connectivity index (χ4v) is 16.3. The summed E-state index contributed by atoms with van der Waals surface area (Å²) in [5.74, 6) is 1.26. The Labute approximate surface area is 672 Å². The lowest BCUT2D eigenvalue weighted by molar-refractivity contribution is 0.0846. The van der Waals surface area contributed by atoms with Crippen LogP contribution < -0.4 is 0 Å². The predicted molar refractivity (Wildman–Crippen MR) is 437 cm³/mol. The van der Waals surface area contributed by atoms with Crippen molar-refractivity contribution in [3.8, 4) is 34.5 Å². The number of halogens is 5. The zero-order valence-electron chi connectivity index (χ0n) is 64.7. The highest BCUT2D eigenvalue weighted by atomic mass is 35.5. The molecule has 15 heterocycles. The molecule has 15 aromatic rings. The first-order valence-electron chi connectivity index (χ1n) is 39.5. The van der Waals surface area contributed by atoms with Crippen molar-refractivity contribution >= 4 is 66.1 Å². The van der Waals surface area contributed by atoms with Crippen LogP contribution in [0.2, 0.25) is 5.02 Å². The molecule has 0 unspecified atom stereocenters. The van der Waals surface area contributed by atoms with Crippen molar-refractivity contribution in [3.05, 3.63) is 268 Å². The van der Waals surface area contributed by atoms with Crippen molar-refractivity contribution in [3.63, 3.8) is 0 Å². The molecular weight excluding hydrogens is 1500 g/mol. The highest BCUT2D eigenvalue weighted by Gasteiger charge is 2.30. The Hall–Kier alpha value is -11.5. The summed E-state index contributed by atoms with van der Waals surface area (Å²) < 4.78 is 90.7. The Morgan fingerprint density at radius 2 is 0.655 bits per heavy atom. The standard InChI is InChI=1S/C19H21N3O.C18H17F2N3O.C18H18FN3O.C18H16N4O.C17H15ClFN3O/c1-13-3-4-17(14(2)11-13)22-18-12-20-8-5-16(18)19(21-22)15-6-9-23-10-7-15;19-18(20)13-1-3-14(4-2-13)23-16-11-21-8-5-15(16)17(22-23)12-6-9-24-10-7-12;1-12-2-3-16(15(19)10-12)22-17-11-20-7-4-14(17)18(21-22)13-5-8-23-9-6-13;19-11-13-1-3-15(4-2-13)22-17-12-20-8-5-16(17)18(21-22)14-6-9-23-10-7-14;18-12-1-2-15(14(19)9-12)22-16-10-20-6-3-13(16)17(21-22)11-4-7-23-8-5-11/h3-5,8,11-12,15H,6-7,9-10H2,1-2H3;1-5,8,11-12,18H,6-7,9-10H2;2-4,7,10-11,13H,5-6,8-9H2,1H3;1-5,8,12,14H,6-7,9-10H2;1-3,6,9-11H,4-5,7-8H2. The molecule has 0 aliphatic carbocycles. The zero-order chi connectivity index (χ0) is 79.6. The first kappa shape index (κ1) is 78.4. The summed E-state index contributed by atoms with van der Waals surface area (Å²) in [6, 6.07) is 42.2. The van der Waals surface area contributed by atoms with Crippen LogP contribution in [-0.2, 0) is 23.7 Å². The number of hydrogen-bond donors (Lipinski definition) is 0. The van der Waals surface area contributed by atoms with E-state index in [0.717, 1.165) is 225 Å². The number of alkyl halides is 2. The minimum absolute atomic E-state index is 0.0120. The largest absolute Gasteiger partial charge is 0.381 e. The Morgan fingerprint density at radius 3 is 0.974 bits per heavy atom. The maximum Gasteiger partial charge on any atom is 0.263 e. The molecule has 0 bridgehead atoms. The molecule has 0 N–H and O–H groups in total. The van der Waals surface area contributed by atoms with Gasteiger partial charge >= 0.3 is 0 Å². The maximum atomic E-state index is 14.4. The minimum Gasteiger partial charge on any atom is -0.381 e. The second-order valence-corrected chi connectivity index (χ2v) is 30.2. The SMILES string of the molecule is Cc1ccc(-n2nc(C3CCOCC3)c3ccncc32)c(C)c1.Cc1ccc(-n2nc(C3CCOCC3)c3ccncc32)c(F)c1.FC(F)c1ccc(-n2nc(C3CCOCC3)c3ccncc32)cc1.Fc1cc(Cl)ccc1-n1nc(C2CCOCC2)c2ccncc21.N#Cc1ccc(-n2nc(C3CCOCC3)c3ccncc32)cc1. The van der Waals surface area contributed by atoms with Gasteiger partial charge in [-0.2, -0.15) is 30.8 Å². The molecular formula is C90H87ClF4N16O5. The van der Waals surface area contributed by atoms with Crippen LogP contribution >= 0.6 is 11.6 Å². The van der Waals surface area contributed by atoms with E-state index in [1.54, 1.807) is 81.6 Å². The number of hydrogen-bond acceptors (Lipinski definition) is 16. The Kier molecular flexibility index (Phi) is 24.4. The summed E-state index contributed by atoms with van der Waals surface area (Å²) in [5.41, 5.74) is 17.7. The summed E-state index contributed by atoms with van der Waals surface area (Å²) in [4.78, 5) is 21.1. The van der Waals surface area contributed by atoms with Crippen LogP contribution in [0.15, 0.2) is 195 Å². The van der Waals surface area contributed by atoms with E-state index >= 15 is 0 Å². The van der Waals surface area contributed by atoms with Crippen LogP contribution in [0.25, 0.3) is 83.0 Å². The van der Waals surface area contributed by atoms with Crippen molar-refractivity contribution in [1.29, 1.82) is 5.26 Å². The number of rotatable bonds is 11. The molecule has 21 nitrogen and oxygen atoms in total. The average Bonchev–Trinajstić information content (AvgIpc) is 1.65. The number of aryl methyl sites for hydroxylation is 3. The van der Waals surface area contributed by atoms with Crippen LogP contribution in [0.3, 0.4) is 0 Å². The molecule has 0 radical (unpaired) electrons. The molecule has 5 aliphatic rings. The number of pyridine rings is 5. The molecule has 10 aromatic heterocycles. The molecule has 5 fully saturated rings. The van der Waals surface area contributed by atoms with E-state index in [1.165, 1.54) is 46.5 Å². The molecule has 0 atom stereocenters. The van der Waals surface area contributed by atoms with Gasteiger partial charge < -0.3 is 23.7 Å². The lowest BCUT2D eigenvalue weighted by Crippen LogP contribution is -2.15. The van der Waals surface area contributed by atoms with E-state index in [-0.39, 0.29) is 11.4 Å². The third-order valence-electron chi connectivity index (χ3n) is 22.3. The van der Waals surface area contributed by atoms with E-state index < -0.39 is 12.2 Å². The number of benzene rings is 5. The van der Waals surface area contributed by atoms with Gasteiger partial charge in [-0.3, -0.25) is 24.9 Å². The molecule has 20 rings (SSSR count). The van der Waals surface area contributed by atoms with Gasteiger partial charge in [-0.05, 0) is 199 Å². The van der Waals surface area contributed by atoms with Gasteiger partial charge in [0.25, 0.3) is 6.43 Å². The topological polar surface area (TPSA) is 223 Å². The van der Waals surface area contributed by atoms with Crippen molar-refractivity contribution in [2.24, 2.45) is 0 Å². The van der Waals surface area contributed by atoms with Gasteiger partial charge in [0.1, 0.15) is 23.0 Å². The second-order valence-electron chi connectivity index (χ2n) is 29.8. The Bertz CT molecular complexity index is 5610. The zero-order valence-corrected chi connectivity index (χ0v) is 65.4. The van der Waals surface area contributed by atoms with Crippen LogP contribution in [0.4, 0.5) is 17.6 Å². The Balaban J connectivity index is 0.000000109. The van der Waals surface area contributed by atoms with Crippen molar-refractivity contribution in [2.45, 2.75) is 121 Å². The van der Waals surface area contributed by atoms with E-state index in [1.807, 2.05) is 91.0 Å². The van der Waals surface area contributed by atoms with Gasteiger partial charge in [0.15, 0.2) is 0 Å². The quantitative estimate of drug-likeness (QED) is 0.110. The highest BCUT2D eigenvalue weighted by molar-refractivity contribution is 6.30. The third-order valence-corrected chi connectivity index (χ3v) is 22.5. The average molecular weight is 1580 g/mol. The smallest absolute Gasteiger partial charge is 0.263 e. The van der Waals surface area contributed by atoms with Gasteiger partial charge in [0, 0.05) is 164 Å². The van der Waals surface area contributed by atoms with E-state index in [4.69, 9.17) is 66.0 Å². The molecule has 5 aliphatic heterocycles. The Morgan fingerprint density at radius 1 is 0.362 bits per heavy atom. The van der Waals surface area contributed by atoms with Crippen molar-refractivity contribution in [2.75, 3.05) is 66.1 Å². The summed E-state index contributed by atoms with van der Waals surface area (Å²) in [6.45, 7) is 13.8. The molecule has 26 heteroatoms. The fraction of sp³-hybridized carbons (Fsp3) is 0.322. The first-order chi connectivity index (χ1) is 56.8. The van der Waals surface area contributed by atoms with Crippen molar-refractivity contribution in [1.82, 2.24) is 73.8 Å². The number of fused-ring (bicyclic) bond motifs is 5. The van der Waals surface area contributed by atoms with E-state index in [9.17, 15) is 17.6 Å². The lowest BCUT2D eigenvalue weighted by atomic mass is 9.95. The van der Waals surface area contributed by atoms with Gasteiger partial charge in [0.2, 0.25) is 0 Å². The normalized spacial score (nSPS) is 16.0. The molecule has 0 amide bonds. The molecule has 5 aromatic carbocycles. The second kappa shape index (κ2) is 36.1. The van der Waals surface area contributed by atoms with Crippen LogP contribution in [0.5, 0.6) is 0 Å². The monoisotopic (exact) mass is 1580 g/mol. The van der Waals surface area contributed by atoms with Gasteiger partial charge in [-0.1, -0.05) is 47.5 Å². The van der Waals surface area contributed by atoms with Crippen LogP contribution in [-0.4, -0.2) is 140 Å². The molecule has 116 heavy (non-hydrogen) atoms. The number of nitrogens with zero attached hydrogens (tertiary/aromatic N) is 16. The molecule has 0 saturated carbocycles. The van der Waals surface area contributed by atoms with Crippen LogP contribution in [0.1, 0.15) is 157 Å². The minimum atomic E-state index is -2.46. The van der Waals surface area contributed by atoms with Gasteiger partial charge in [0.05, 0.1) is 116 Å². The summed E-state index contributed by atoms with van der Waals surface area (Å²) in [5, 5.41) is 38.9. The van der Waals surface area contributed by atoms with E-state index in [0.29, 0.717) is 51.6 Å². The number of nitriles is 1. The fourth-order valence-electron chi connectivity index (χ4n) is 16.2. The highest BCUT2D eigenvalue weighted by Crippen LogP contribution is 2.40. The summed E-state index contributed by atoms with van der Waals surface area (Å²) in [6.07, 6.45) is 25.2. The molecule has 0 spiro atoms. The van der Waals surface area contributed by atoms with Gasteiger partial charge in [-0.15, -0.1) is 0 Å². The van der Waals surface area contributed by atoms with Gasteiger partial charge in [-0.25, -0.2) is 41.0 Å². The summed E-state index contributed by atoms with van der Waals surface area (Å²) in [7, 11) is 0. The maximum absolute atomic E-state index is 14.4. The number of aromatic nitrogens is 15. The van der Waals surface area contributed by atoms with E-state index in [2.05, 4.69) is 73.8 Å². The van der Waals surface area contributed by atoms with Crippen LogP contribution in [0, 0.1) is 43.7 Å². The third kappa shape index (κ3) is 17.1. The molecule has 592 valence electrons. The lowest BCUT2D eigenvalue weighted by Gasteiger charge is -2.20. The van der Waals surface area contributed by atoms with Crippen molar-refractivity contribution < 1.29 is 41.2 Å². The predicted octanol–water partition coefficient (Wildman–Crippen LogP) is 19.2. The first-order valence-corrected chi connectivity index (χ1v) is 39.9. The number of ether oxygens (including phenoxy) is 5. The molecule has 5 saturated heterocycles. The summed E-state index contributed by atoms with van der Waals surface area (Å²) >= 11 is 5.85.